The van der Waals surface area contributed by atoms with Gasteiger partial charge in [-0.3, -0.25) is 4.79 Å². The van der Waals surface area contributed by atoms with E-state index in [1.165, 1.54) is 23.5 Å². The third-order valence-corrected chi connectivity index (χ3v) is 6.71. The van der Waals surface area contributed by atoms with Crippen LogP contribution in [0.1, 0.15) is 5.56 Å². The van der Waals surface area contributed by atoms with Gasteiger partial charge in [0, 0.05) is 7.05 Å². The summed E-state index contributed by atoms with van der Waals surface area (Å²) in [6.07, 6.45) is 0. The molecule has 5 nitrogen and oxygen atoms in total. The number of carbonyl (C=O) groups excluding carboxylic acids is 1. The molecule has 0 bridgehead atoms. The second kappa shape index (κ2) is 6.74. The molecule has 0 saturated heterocycles. The Morgan fingerprint density at radius 2 is 1.88 bits per heavy atom. The molecule has 1 heterocycles. The predicted molar refractivity (Wildman–Crippen MR) is 99.6 cm³/mol. The molecule has 0 fully saturated rings. The molecule has 25 heavy (non-hydrogen) atoms. The maximum Gasteiger partial charge on any atom is 0.263 e. The van der Waals surface area contributed by atoms with E-state index in [2.05, 4.69) is 4.99 Å². The monoisotopic (exact) mass is 394 g/mol. The van der Waals surface area contributed by atoms with Gasteiger partial charge in [-0.1, -0.05) is 46.7 Å². The normalized spacial score (nSPS) is 12.7. The maximum atomic E-state index is 12.3. The van der Waals surface area contributed by atoms with Crippen LogP contribution in [0.3, 0.4) is 0 Å². The number of carbonyl (C=O) groups is 1. The minimum atomic E-state index is -3.72. The maximum absolute atomic E-state index is 12.3. The number of amides is 1. The van der Waals surface area contributed by atoms with Crippen LogP contribution in [0.4, 0.5) is 0 Å². The highest BCUT2D eigenvalue weighted by Crippen LogP contribution is 2.24. The highest BCUT2D eigenvalue weighted by atomic mass is 35.5. The largest absolute Gasteiger partial charge is 0.318 e. The van der Waals surface area contributed by atoms with E-state index in [0.717, 1.165) is 15.8 Å². The number of thiazole rings is 1. The summed E-state index contributed by atoms with van der Waals surface area (Å²) in [5.74, 6) is -1.38. The van der Waals surface area contributed by atoms with Crippen molar-refractivity contribution < 1.29 is 13.2 Å². The van der Waals surface area contributed by atoms with Gasteiger partial charge in [-0.25, -0.2) is 8.42 Å². The lowest BCUT2D eigenvalue weighted by molar-refractivity contribution is -0.115. The Bertz CT molecular complexity index is 1130. The molecule has 0 aliphatic carbocycles. The fourth-order valence-electron chi connectivity index (χ4n) is 2.39. The van der Waals surface area contributed by atoms with Gasteiger partial charge in [-0.05, 0) is 31.2 Å². The second-order valence-corrected chi connectivity index (χ2v) is 9.01. The van der Waals surface area contributed by atoms with Gasteiger partial charge in [0.2, 0.25) is 0 Å². The highest BCUT2D eigenvalue weighted by Gasteiger charge is 2.19. The number of benzene rings is 2. The van der Waals surface area contributed by atoms with Gasteiger partial charge in [0.15, 0.2) is 14.6 Å². The molecule has 0 aliphatic rings. The Hall–Kier alpha value is -1.96. The minimum absolute atomic E-state index is 0.116. The summed E-state index contributed by atoms with van der Waals surface area (Å²) < 4.78 is 27.3. The van der Waals surface area contributed by atoms with Crippen molar-refractivity contribution in [3.63, 3.8) is 0 Å². The zero-order chi connectivity index (χ0) is 18.2. The predicted octanol–water partition coefficient (Wildman–Crippen LogP) is 3.10. The smallest absolute Gasteiger partial charge is 0.263 e. The fourth-order valence-corrected chi connectivity index (χ4v) is 4.92. The quantitative estimate of drug-likeness (QED) is 0.685. The second-order valence-electron chi connectivity index (χ2n) is 5.61. The van der Waals surface area contributed by atoms with Gasteiger partial charge in [0.05, 0.1) is 20.1 Å². The first-order chi connectivity index (χ1) is 11.8. The van der Waals surface area contributed by atoms with Crippen LogP contribution in [0, 0.1) is 6.92 Å². The number of sulfone groups is 1. The highest BCUT2D eigenvalue weighted by molar-refractivity contribution is 7.92. The molecule has 3 rings (SSSR count). The summed E-state index contributed by atoms with van der Waals surface area (Å²) >= 11 is 7.46. The minimum Gasteiger partial charge on any atom is -0.318 e. The standard InChI is InChI=1S/C17H15ClN2O3S2/c1-11-6-8-12(9-7-11)25(22,23)10-15(21)19-17-20(2)16-13(18)4-3-5-14(16)24-17/h3-9H,10H2,1-2H3. The molecule has 130 valence electrons. The molecule has 0 saturated carbocycles. The number of fused-ring (bicyclic) bond motifs is 1. The molecular weight excluding hydrogens is 380 g/mol. The number of nitrogens with zero attached hydrogens (tertiary/aromatic N) is 2. The van der Waals surface area contributed by atoms with Crippen LogP contribution < -0.4 is 4.80 Å². The van der Waals surface area contributed by atoms with Gasteiger partial charge < -0.3 is 4.57 Å². The van der Waals surface area contributed by atoms with Crippen molar-refractivity contribution in [1.29, 1.82) is 0 Å². The average Bonchev–Trinajstić information content (AvgIpc) is 2.84. The summed E-state index contributed by atoms with van der Waals surface area (Å²) in [7, 11) is -1.98. The lowest BCUT2D eigenvalue weighted by Crippen LogP contribution is -2.19. The number of halogens is 1. The summed E-state index contributed by atoms with van der Waals surface area (Å²) in [4.78, 5) is 16.7. The third-order valence-electron chi connectivity index (χ3n) is 3.69. The van der Waals surface area contributed by atoms with Crippen molar-refractivity contribution in [2.24, 2.45) is 12.0 Å². The Morgan fingerprint density at radius 1 is 1.20 bits per heavy atom. The molecule has 1 aromatic heterocycles. The van der Waals surface area contributed by atoms with E-state index in [-0.39, 0.29) is 4.90 Å². The molecule has 0 atom stereocenters. The van der Waals surface area contributed by atoms with E-state index >= 15 is 0 Å². The Labute approximate surface area is 154 Å². The van der Waals surface area contributed by atoms with Gasteiger partial charge in [-0.2, -0.15) is 4.99 Å². The third kappa shape index (κ3) is 3.68. The zero-order valence-electron chi connectivity index (χ0n) is 13.6. The van der Waals surface area contributed by atoms with Crippen LogP contribution in [0.5, 0.6) is 0 Å². The van der Waals surface area contributed by atoms with E-state index in [9.17, 15) is 13.2 Å². The summed E-state index contributed by atoms with van der Waals surface area (Å²) in [6, 6.07) is 11.8. The van der Waals surface area contributed by atoms with E-state index < -0.39 is 21.5 Å². The first-order valence-electron chi connectivity index (χ1n) is 7.39. The van der Waals surface area contributed by atoms with Gasteiger partial charge in [0.1, 0.15) is 5.75 Å². The topological polar surface area (TPSA) is 68.5 Å². The number of rotatable bonds is 3. The lowest BCUT2D eigenvalue weighted by atomic mass is 10.2. The van der Waals surface area contributed by atoms with E-state index in [1.54, 1.807) is 29.8 Å². The van der Waals surface area contributed by atoms with Crippen LogP contribution in [0.2, 0.25) is 5.02 Å². The van der Waals surface area contributed by atoms with Crippen molar-refractivity contribution in [3.8, 4) is 0 Å². The summed E-state index contributed by atoms with van der Waals surface area (Å²) in [6.45, 7) is 1.86. The Kier molecular flexibility index (Phi) is 4.81. The Morgan fingerprint density at radius 3 is 2.52 bits per heavy atom. The van der Waals surface area contributed by atoms with Crippen molar-refractivity contribution in [2.45, 2.75) is 11.8 Å². The van der Waals surface area contributed by atoms with Crippen LogP contribution in [0.25, 0.3) is 10.2 Å². The zero-order valence-corrected chi connectivity index (χ0v) is 16.0. The molecule has 0 spiro atoms. The molecule has 8 heteroatoms. The summed E-state index contributed by atoms with van der Waals surface area (Å²) in [5.41, 5.74) is 1.71. The number of hydrogen-bond donors (Lipinski definition) is 0. The molecule has 0 aliphatic heterocycles. The van der Waals surface area contributed by atoms with Gasteiger partial charge in [0.25, 0.3) is 5.91 Å². The van der Waals surface area contributed by atoms with Crippen molar-refractivity contribution in [2.75, 3.05) is 5.75 Å². The van der Waals surface area contributed by atoms with Crippen molar-refractivity contribution in [3.05, 3.63) is 57.9 Å². The van der Waals surface area contributed by atoms with Crippen LogP contribution in [0.15, 0.2) is 52.4 Å². The first-order valence-corrected chi connectivity index (χ1v) is 10.2. The van der Waals surface area contributed by atoms with Crippen LogP contribution >= 0.6 is 22.9 Å². The van der Waals surface area contributed by atoms with E-state index in [0.29, 0.717) is 9.82 Å². The molecule has 3 aromatic rings. The van der Waals surface area contributed by atoms with E-state index in [1.807, 2.05) is 19.1 Å². The molecule has 2 aromatic carbocycles. The molecular formula is C17H15ClN2O3S2. The van der Waals surface area contributed by atoms with Crippen LogP contribution in [-0.4, -0.2) is 24.6 Å². The first kappa shape index (κ1) is 17.8. The lowest BCUT2D eigenvalue weighted by Gasteiger charge is -2.02. The number of para-hydroxylation sites is 1. The number of aromatic nitrogens is 1. The van der Waals surface area contributed by atoms with Crippen molar-refractivity contribution in [1.82, 2.24) is 4.57 Å². The Balaban J connectivity index is 1.94. The SMILES string of the molecule is Cc1ccc(S(=O)(=O)CC(=O)N=c2sc3cccc(Cl)c3n2C)cc1. The van der Waals surface area contributed by atoms with Gasteiger partial charge >= 0.3 is 0 Å². The fraction of sp³-hybridized carbons (Fsp3) is 0.176. The molecule has 0 unspecified atom stereocenters. The molecule has 0 radical (unpaired) electrons. The number of aryl methyl sites for hydroxylation is 2. The van der Waals surface area contributed by atoms with Crippen molar-refractivity contribution >= 4 is 48.9 Å². The summed E-state index contributed by atoms with van der Waals surface area (Å²) in [5, 5.41) is 0.553. The average molecular weight is 395 g/mol. The van der Waals surface area contributed by atoms with Crippen LogP contribution in [-0.2, 0) is 21.7 Å². The molecule has 0 N–H and O–H groups in total. The van der Waals surface area contributed by atoms with Gasteiger partial charge in [-0.15, -0.1) is 0 Å². The molecule has 1 amide bonds. The van der Waals surface area contributed by atoms with E-state index in [4.69, 9.17) is 11.6 Å². The number of hydrogen-bond acceptors (Lipinski definition) is 4.